The van der Waals surface area contributed by atoms with E-state index in [1.54, 1.807) is 12.3 Å². The maximum absolute atomic E-state index is 13.4. The van der Waals surface area contributed by atoms with Crippen LogP contribution in [0.5, 0.6) is 0 Å². The van der Waals surface area contributed by atoms with Gasteiger partial charge in [0.25, 0.3) is 5.56 Å². The molecule has 0 aliphatic rings. The maximum atomic E-state index is 13.4. The van der Waals surface area contributed by atoms with Gasteiger partial charge in [0.15, 0.2) is 0 Å². The van der Waals surface area contributed by atoms with Crippen LogP contribution in [0, 0.1) is 26.7 Å². The van der Waals surface area contributed by atoms with Crippen LogP contribution in [0.25, 0.3) is 10.4 Å². The highest BCUT2D eigenvalue weighted by Gasteiger charge is 2.27. The van der Waals surface area contributed by atoms with Crippen molar-refractivity contribution in [3.05, 3.63) is 80.6 Å². The number of thiophene rings is 1. The third-order valence-corrected chi connectivity index (χ3v) is 6.85. The van der Waals surface area contributed by atoms with Crippen molar-refractivity contribution in [3.63, 3.8) is 0 Å². The van der Waals surface area contributed by atoms with E-state index in [1.807, 2.05) is 64.3 Å². The molecule has 6 nitrogen and oxygen atoms in total. The van der Waals surface area contributed by atoms with Crippen molar-refractivity contribution in [1.82, 2.24) is 9.88 Å². The van der Waals surface area contributed by atoms with Crippen LogP contribution in [0.4, 0.5) is 0 Å². The first-order chi connectivity index (χ1) is 16.1. The van der Waals surface area contributed by atoms with Crippen LogP contribution in [0.3, 0.4) is 0 Å². The van der Waals surface area contributed by atoms with E-state index in [0.717, 1.165) is 32.7 Å². The van der Waals surface area contributed by atoms with E-state index in [9.17, 15) is 19.5 Å². The number of benzene rings is 1. The Morgan fingerprint density at radius 2 is 1.76 bits per heavy atom. The number of hydrogen-bond acceptors (Lipinski definition) is 4. The number of carbonyl (C=O) groups excluding carboxylic acids is 1. The Morgan fingerprint density at radius 1 is 1.09 bits per heavy atom. The second kappa shape index (κ2) is 10.8. The van der Waals surface area contributed by atoms with Crippen LogP contribution >= 0.6 is 11.3 Å². The molecular formula is C27H32N2O4S. The molecule has 0 spiro atoms. The standard InChI is InChI=1S/C27H32N2O4S/c1-16(2)11-22(29-10-9-17(3)12-24(29)30)27(33)28-21(14-25(31)32)20-13-23(34-15-20)26-18(4)7-6-8-19(26)5/h6-10,12-13,15-16,21-22H,11,14H2,1-5H3,(H,28,33)(H,31,32)/t21-,22-/m0/s1. The molecule has 0 radical (unpaired) electrons. The summed E-state index contributed by atoms with van der Waals surface area (Å²) in [7, 11) is 0. The van der Waals surface area contributed by atoms with Crippen molar-refractivity contribution in [2.24, 2.45) is 5.92 Å². The monoisotopic (exact) mass is 480 g/mol. The highest BCUT2D eigenvalue weighted by molar-refractivity contribution is 7.13. The third kappa shape index (κ3) is 6.03. The lowest BCUT2D eigenvalue weighted by Gasteiger charge is -2.24. The molecule has 3 aromatic rings. The number of rotatable bonds is 9. The fourth-order valence-corrected chi connectivity index (χ4v) is 5.34. The fourth-order valence-electron chi connectivity index (χ4n) is 4.20. The van der Waals surface area contributed by atoms with E-state index < -0.39 is 18.1 Å². The molecule has 2 aromatic heterocycles. The van der Waals surface area contributed by atoms with Gasteiger partial charge >= 0.3 is 5.97 Å². The van der Waals surface area contributed by atoms with E-state index in [0.29, 0.717) is 6.42 Å². The van der Waals surface area contributed by atoms with Gasteiger partial charge in [0.05, 0.1) is 12.5 Å². The first kappa shape index (κ1) is 25.4. The molecule has 2 N–H and O–H groups in total. The first-order valence-corrected chi connectivity index (χ1v) is 12.3. The maximum Gasteiger partial charge on any atom is 0.305 e. The van der Waals surface area contributed by atoms with Crippen LogP contribution < -0.4 is 10.9 Å². The molecule has 1 amide bonds. The summed E-state index contributed by atoms with van der Waals surface area (Å²) < 4.78 is 1.44. The van der Waals surface area contributed by atoms with Crippen molar-refractivity contribution in [2.45, 2.75) is 59.5 Å². The van der Waals surface area contributed by atoms with Crippen molar-refractivity contribution in [3.8, 4) is 10.4 Å². The highest BCUT2D eigenvalue weighted by atomic mass is 32.1. The predicted molar refractivity (Wildman–Crippen MR) is 136 cm³/mol. The summed E-state index contributed by atoms with van der Waals surface area (Å²) in [5.74, 6) is -1.19. The number of nitrogens with zero attached hydrogens (tertiary/aromatic N) is 1. The van der Waals surface area contributed by atoms with Gasteiger partial charge in [-0.3, -0.25) is 14.4 Å². The highest BCUT2D eigenvalue weighted by Crippen LogP contribution is 2.35. The minimum atomic E-state index is -1.00. The molecule has 34 heavy (non-hydrogen) atoms. The van der Waals surface area contributed by atoms with Crippen molar-refractivity contribution < 1.29 is 14.7 Å². The molecule has 0 aliphatic heterocycles. The smallest absolute Gasteiger partial charge is 0.305 e. The van der Waals surface area contributed by atoms with Crippen molar-refractivity contribution in [1.29, 1.82) is 0 Å². The number of aromatic nitrogens is 1. The average molecular weight is 481 g/mol. The molecule has 0 saturated carbocycles. The quantitative estimate of drug-likeness (QED) is 0.428. The normalized spacial score (nSPS) is 13.0. The number of aliphatic carboxylic acids is 1. The SMILES string of the molecule is Cc1ccn([C@@H](CC(C)C)C(=O)N[C@@H](CC(=O)O)c2csc(-c3c(C)cccc3C)c2)c(=O)c1. The number of pyridine rings is 1. The molecule has 0 saturated heterocycles. The van der Waals surface area contributed by atoms with E-state index >= 15 is 0 Å². The van der Waals surface area contributed by atoms with E-state index in [1.165, 1.54) is 22.0 Å². The summed E-state index contributed by atoms with van der Waals surface area (Å²) in [5.41, 5.74) is 4.74. The minimum Gasteiger partial charge on any atom is -0.481 e. The fraction of sp³-hybridized carbons (Fsp3) is 0.370. The average Bonchev–Trinajstić information content (AvgIpc) is 3.21. The molecule has 3 rings (SSSR count). The van der Waals surface area contributed by atoms with Gasteiger partial charge < -0.3 is 15.0 Å². The number of carbonyl (C=O) groups is 2. The Kier molecular flexibility index (Phi) is 8.10. The molecule has 0 fully saturated rings. The Hall–Kier alpha value is -3.19. The van der Waals surface area contributed by atoms with Gasteiger partial charge in [0.1, 0.15) is 6.04 Å². The van der Waals surface area contributed by atoms with Gasteiger partial charge in [0, 0.05) is 17.1 Å². The van der Waals surface area contributed by atoms with Gasteiger partial charge in [-0.15, -0.1) is 11.3 Å². The molecular weight excluding hydrogens is 448 g/mol. The van der Waals surface area contributed by atoms with Gasteiger partial charge in [-0.2, -0.15) is 0 Å². The Bertz CT molecular complexity index is 1220. The molecule has 7 heteroatoms. The Balaban J connectivity index is 1.94. The molecule has 2 heterocycles. The summed E-state index contributed by atoms with van der Waals surface area (Å²) in [6.45, 7) is 9.91. The molecule has 180 valence electrons. The van der Waals surface area contributed by atoms with Crippen LogP contribution in [0.2, 0.25) is 0 Å². The zero-order chi connectivity index (χ0) is 25.0. The first-order valence-electron chi connectivity index (χ1n) is 11.4. The van der Waals surface area contributed by atoms with Gasteiger partial charge in [-0.05, 0) is 78.4 Å². The number of aryl methyl sites for hydroxylation is 3. The van der Waals surface area contributed by atoms with E-state index in [2.05, 4.69) is 5.32 Å². The van der Waals surface area contributed by atoms with Gasteiger partial charge in [0.2, 0.25) is 5.91 Å². The summed E-state index contributed by atoms with van der Waals surface area (Å²) >= 11 is 1.53. The summed E-state index contributed by atoms with van der Waals surface area (Å²) in [6.07, 6.45) is 1.86. The van der Waals surface area contributed by atoms with Crippen LogP contribution in [-0.2, 0) is 9.59 Å². The van der Waals surface area contributed by atoms with E-state index in [-0.39, 0.29) is 23.8 Å². The second-order valence-corrected chi connectivity index (χ2v) is 10.2. The van der Waals surface area contributed by atoms with Gasteiger partial charge in [-0.25, -0.2) is 0 Å². The summed E-state index contributed by atoms with van der Waals surface area (Å²) in [6, 6.07) is 9.96. The lowest BCUT2D eigenvalue weighted by molar-refractivity contribution is -0.138. The second-order valence-electron chi connectivity index (χ2n) is 9.27. The van der Waals surface area contributed by atoms with Crippen LogP contribution in [-0.4, -0.2) is 21.6 Å². The third-order valence-electron chi connectivity index (χ3n) is 5.88. The minimum absolute atomic E-state index is 0.165. The van der Waals surface area contributed by atoms with Crippen molar-refractivity contribution >= 4 is 23.2 Å². The number of carboxylic acid groups (broad SMARTS) is 1. The largest absolute Gasteiger partial charge is 0.481 e. The number of amides is 1. The lowest BCUT2D eigenvalue weighted by Crippen LogP contribution is -2.40. The van der Waals surface area contributed by atoms with Gasteiger partial charge in [-0.1, -0.05) is 32.0 Å². The molecule has 0 aliphatic carbocycles. The van der Waals surface area contributed by atoms with E-state index in [4.69, 9.17) is 0 Å². The van der Waals surface area contributed by atoms with Crippen LogP contribution in [0.15, 0.2) is 52.8 Å². The summed E-state index contributed by atoms with van der Waals surface area (Å²) in [5, 5.41) is 14.4. The summed E-state index contributed by atoms with van der Waals surface area (Å²) in [4.78, 5) is 38.7. The number of carboxylic acids is 1. The predicted octanol–water partition coefficient (Wildman–Crippen LogP) is 5.42. The zero-order valence-electron chi connectivity index (χ0n) is 20.3. The molecule has 0 unspecified atom stereocenters. The topological polar surface area (TPSA) is 88.4 Å². The Labute approximate surface area is 204 Å². The van der Waals surface area contributed by atoms with Crippen LogP contribution in [0.1, 0.15) is 61.0 Å². The molecule has 1 aromatic carbocycles. The number of nitrogens with one attached hydrogen (secondary N) is 1. The van der Waals surface area contributed by atoms with Crippen molar-refractivity contribution in [2.75, 3.05) is 0 Å². The molecule has 0 bridgehead atoms. The molecule has 2 atom stereocenters. The number of hydrogen-bond donors (Lipinski definition) is 2. The Morgan fingerprint density at radius 3 is 2.35 bits per heavy atom. The lowest BCUT2D eigenvalue weighted by atomic mass is 9.99. The zero-order valence-corrected chi connectivity index (χ0v) is 21.1.